The summed E-state index contributed by atoms with van der Waals surface area (Å²) in [6.07, 6.45) is -11.2. The lowest BCUT2D eigenvalue weighted by Crippen LogP contribution is -2.18. The van der Waals surface area contributed by atoms with Gasteiger partial charge in [-0.25, -0.2) is 4.39 Å². The van der Waals surface area contributed by atoms with E-state index in [1.165, 1.54) is 12.1 Å². The summed E-state index contributed by atoms with van der Waals surface area (Å²) in [5.74, 6) is -0.221. The van der Waals surface area contributed by atoms with E-state index in [4.69, 9.17) is 9.84 Å². The highest BCUT2D eigenvalue weighted by atomic mass is 19.4. The molecule has 1 atom stereocenters. The van der Waals surface area contributed by atoms with Gasteiger partial charge in [-0.05, 0) is 48.4 Å². The lowest BCUT2D eigenvalue weighted by Gasteiger charge is -2.15. The van der Waals surface area contributed by atoms with Crippen LogP contribution in [0.15, 0.2) is 47.5 Å². The van der Waals surface area contributed by atoms with Crippen molar-refractivity contribution in [2.45, 2.75) is 39.2 Å². The van der Waals surface area contributed by atoms with Crippen LogP contribution in [0.3, 0.4) is 0 Å². The first kappa shape index (κ1) is 27.6. The van der Waals surface area contributed by atoms with Gasteiger partial charge >= 0.3 is 12.4 Å². The number of rotatable bonds is 2. The summed E-state index contributed by atoms with van der Waals surface area (Å²) in [6, 6.07) is 7.34. The van der Waals surface area contributed by atoms with Crippen LogP contribution < -0.4 is 0 Å². The molecular formula is C22H24F7NO2. The molecule has 0 aromatic heterocycles. The minimum Gasteiger partial charge on any atom is -0.389 e. The van der Waals surface area contributed by atoms with Crippen molar-refractivity contribution in [1.82, 2.24) is 0 Å². The van der Waals surface area contributed by atoms with Gasteiger partial charge in [-0.3, -0.25) is 4.99 Å². The number of halogens is 7. The van der Waals surface area contributed by atoms with Crippen molar-refractivity contribution in [2.24, 2.45) is 4.99 Å². The van der Waals surface area contributed by atoms with Gasteiger partial charge in [-0.1, -0.05) is 26.0 Å². The number of aliphatic imine (C=N–C) groups is 1. The highest BCUT2D eigenvalue weighted by molar-refractivity contribution is 6.01. The van der Waals surface area contributed by atoms with Crippen LogP contribution in [0, 0.1) is 5.82 Å². The molecule has 3 rings (SSSR count). The molecule has 0 unspecified atom stereocenters. The molecule has 1 aliphatic heterocycles. The highest BCUT2D eigenvalue weighted by Gasteiger charge is 2.37. The molecule has 1 aliphatic rings. The molecule has 2 aromatic carbocycles. The predicted octanol–water partition coefficient (Wildman–Crippen LogP) is 6.45. The van der Waals surface area contributed by atoms with Crippen LogP contribution in [0.4, 0.5) is 30.7 Å². The quantitative estimate of drug-likeness (QED) is 0.516. The number of alkyl halides is 6. The summed E-state index contributed by atoms with van der Waals surface area (Å²) >= 11 is 0. The fourth-order valence-corrected chi connectivity index (χ4v) is 2.50. The number of ether oxygens (including phenoxy) is 1. The molecule has 10 heteroatoms. The van der Waals surface area contributed by atoms with Crippen LogP contribution >= 0.6 is 0 Å². The van der Waals surface area contributed by atoms with Gasteiger partial charge in [0, 0.05) is 0 Å². The number of hydrogen-bond acceptors (Lipinski definition) is 3. The van der Waals surface area contributed by atoms with Gasteiger partial charge in [0.2, 0.25) is 0 Å². The van der Waals surface area contributed by atoms with Crippen LogP contribution in [-0.2, 0) is 17.1 Å². The second-order valence-electron chi connectivity index (χ2n) is 6.40. The van der Waals surface area contributed by atoms with Crippen molar-refractivity contribution in [3.63, 3.8) is 0 Å². The fourth-order valence-electron chi connectivity index (χ4n) is 2.50. The molecule has 178 valence electrons. The van der Waals surface area contributed by atoms with Gasteiger partial charge in [0.05, 0.1) is 42.7 Å². The van der Waals surface area contributed by atoms with E-state index in [9.17, 15) is 30.7 Å². The van der Waals surface area contributed by atoms with Gasteiger partial charge in [0.15, 0.2) is 0 Å². The van der Waals surface area contributed by atoms with Crippen LogP contribution in [0.2, 0.25) is 0 Å². The topological polar surface area (TPSA) is 41.8 Å². The third-order valence-electron chi connectivity index (χ3n) is 4.05. The van der Waals surface area contributed by atoms with Crippen molar-refractivity contribution >= 4 is 5.71 Å². The van der Waals surface area contributed by atoms with E-state index in [1.54, 1.807) is 12.1 Å². The Bertz CT molecular complexity index is 841. The third kappa shape index (κ3) is 8.58. The van der Waals surface area contributed by atoms with Crippen molar-refractivity contribution < 1.29 is 40.6 Å². The summed E-state index contributed by atoms with van der Waals surface area (Å²) in [6.45, 7) is 7.01. The molecule has 3 nitrogen and oxygen atoms in total. The number of aliphatic hydroxyl groups excluding tert-OH is 1. The maximum Gasteiger partial charge on any atom is 0.416 e. The first-order valence-corrected chi connectivity index (χ1v) is 9.72. The Morgan fingerprint density at radius 1 is 0.906 bits per heavy atom. The molecule has 0 radical (unpaired) electrons. The van der Waals surface area contributed by atoms with Gasteiger partial charge in [-0.2, -0.15) is 26.3 Å². The predicted molar refractivity (Wildman–Crippen MR) is 107 cm³/mol. The molecule has 2 aromatic rings. The first-order valence-electron chi connectivity index (χ1n) is 9.72. The molecule has 1 N–H and O–H groups in total. The van der Waals surface area contributed by atoms with Crippen molar-refractivity contribution in [3.05, 3.63) is 70.5 Å². The highest BCUT2D eigenvalue weighted by Crippen LogP contribution is 2.37. The van der Waals surface area contributed by atoms with Crippen molar-refractivity contribution in [3.8, 4) is 0 Å². The maximum absolute atomic E-state index is 12.6. The molecule has 32 heavy (non-hydrogen) atoms. The van der Waals surface area contributed by atoms with E-state index < -0.39 is 35.1 Å². The standard InChI is InChI=1S/C10H8F6O.C10H10FNO.C2H6/c1-5(17)6-2-7(9(11,12)13)4-8(3-6)10(14,15)16;11-9-3-1-8(2-4-9)10-7-13-6-5-12-10;1-2/h2-5,17H,1H3;1-4H,5-7H2;1-2H3/t5-;;/m1../s1. The Morgan fingerprint density at radius 2 is 1.41 bits per heavy atom. The molecule has 0 saturated carbocycles. The Kier molecular flexibility index (Phi) is 10.3. The van der Waals surface area contributed by atoms with E-state index >= 15 is 0 Å². The Morgan fingerprint density at radius 3 is 1.78 bits per heavy atom. The first-order chi connectivity index (χ1) is 14.9. The number of benzene rings is 2. The van der Waals surface area contributed by atoms with Crippen molar-refractivity contribution in [1.29, 1.82) is 0 Å². The molecule has 0 fully saturated rings. The summed E-state index contributed by atoms with van der Waals surface area (Å²) in [5, 5.41) is 9.07. The van der Waals surface area contributed by atoms with Gasteiger partial charge in [0.25, 0.3) is 0 Å². The Balaban J connectivity index is 0.000000305. The fraction of sp³-hybridized carbons (Fsp3) is 0.409. The van der Waals surface area contributed by atoms with E-state index in [0.717, 1.165) is 18.2 Å². The number of aliphatic hydroxyl groups is 1. The number of nitrogens with zero attached hydrogens (tertiary/aromatic N) is 1. The SMILES string of the molecule is CC.C[C@@H](O)c1cc(C(F)(F)F)cc(C(F)(F)F)c1.Fc1ccc(C2=NCCOC2)cc1. The van der Waals surface area contributed by atoms with Gasteiger partial charge in [-0.15, -0.1) is 0 Å². The summed E-state index contributed by atoms with van der Waals surface area (Å²) in [4.78, 5) is 4.30. The normalized spacial score (nSPS) is 14.9. The Labute approximate surface area is 181 Å². The molecule has 1 heterocycles. The zero-order valence-electron chi connectivity index (χ0n) is 17.7. The molecule has 0 saturated heterocycles. The molecule has 0 aliphatic carbocycles. The minimum atomic E-state index is -4.88. The second-order valence-corrected chi connectivity index (χ2v) is 6.40. The summed E-state index contributed by atoms with van der Waals surface area (Å²) in [7, 11) is 0. The summed E-state index contributed by atoms with van der Waals surface area (Å²) < 4.78 is 91.9. The van der Waals surface area contributed by atoms with Gasteiger partial charge in [0.1, 0.15) is 5.82 Å². The Hall–Kier alpha value is -2.46. The number of hydrogen-bond donors (Lipinski definition) is 1. The van der Waals surface area contributed by atoms with E-state index in [-0.39, 0.29) is 11.9 Å². The second kappa shape index (κ2) is 12.0. The van der Waals surface area contributed by atoms with Gasteiger partial charge < -0.3 is 9.84 Å². The zero-order valence-corrected chi connectivity index (χ0v) is 17.7. The van der Waals surface area contributed by atoms with Crippen LogP contribution in [0.1, 0.15) is 49.1 Å². The van der Waals surface area contributed by atoms with Crippen LogP contribution in [-0.4, -0.2) is 30.6 Å². The summed E-state index contributed by atoms with van der Waals surface area (Å²) in [5.41, 5.74) is -1.43. The molecular weight excluding hydrogens is 443 g/mol. The van der Waals surface area contributed by atoms with Crippen molar-refractivity contribution in [2.75, 3.05) is 19.8 Å². The molecule has 0 amide bonds. The lowest BCUT2D eigenvalue weighted by molar-refractivity contribution is -0.143. The smallest absolute Gasteiger partial charge is 0.389 e. The minimum absolute atomic E-state index is 0.0197. The van der Waals surface area contributed by atoms with E-state index in [0.29, 0.717) is 31.9 Å². The molecule has 0 spiro atoms. The van der Waals surface area contributed by atoms with Crippen LogP contribution in [0.25, 0.3) is 0 Å². The zero-order chi connectivity index (χ0) is 24.5. The average molecular weight is 467 g/mol. The lowest BCUT2D eigenvalue weighted by atomic mass is 10.0. The van der Waals surface area contributed by atoms with E-state index in [2.05, 4.69) is 4.99 Å². The molecule has 0 bridgehead atoms. The third-order valence-corrected chi connectivity index (χ3v) is 4.05. The largest absolute Gasteiger partial charge is 0.416 e. The monoisotopic (exact) mass is 467 g/mol. The van der Waals surface area contributed by atoms with E-state index in [1.807, 2.05) is 13.8 Å². The maximum atomic E-state index is 12.6. The van der Waals surface area contributed by atoms with Crippen LogP contribution in [0.5, 0.6) is 0 Å². The average Bonchev–Trinajstić information content (AvgIpc) is 2.75.